The van der Waals surface area contributed by atoms with Gasteiger partial charge < -0.3 is 4.98 Å². The number of hydrogen-bond donors (Lipinski definition) is 1. The van der Waals surface area contributed by atoms with E-state index in [1.54, 1.807) is 19.1 Å². The molecule has 1 aliphatic rings. The molecule has 0 bridgehead atoms. The molecule has 3 rings (SSSR count). The van der Waals surface area contributed by atoms with Crippen LogP contribution in [0.4, 0.5) is 4.39 Å². The first-order valence-electron chi connectivity index (χ1n) is 6.54. The second-order valence-corrected chi connectivity index (χ2v) is 4.99. The molecule has 0 aromatic carbocycles. The van der Waals surface area contributed by atoms with E-state index in [0.29, 0.717) is 36.5 Å². The zero-order valence-electron chi connectivity index (χ0n) is 11.2. The summed E-state index contributed by atoms with van der Waals surface area (Å²) in [5, 5.41) is 0. The third-order valence-corrected chi connectivity index (χ3v) is 3.50. The maximum atomic E-state index is 13.6. The van der Waals surface area contributed by atoms with Gasteiger partial charge in [0.05, 0.1) is 11.3 Å². The third kappa shape index (κ3) is 2.46. The summed E-state index contributed by atoms with van der Waals surface area (Å²) in [6.07, 6.45) is 2.14. The van der Waals surface area contributed by atoms with Gasteiger partial charge in [0.25, 0.3) is 5.56 Å². The number of aromatic nitrogens is 3. The number of pyridine rings is 1. The highest BCUT2D eigenvalue weighted by molar-refractivity contribution is 5.21. The lowest BCUT2D eigenvalue weighted by Crippen LogP contribution is -2.35. The van der Waals surface area contributed by atoms with Crippen LogP contribution in [0.5, 0.6) is 0 Å². The monoisotopic (exact) mass is 274 g/mol. The van der Waals surface area contributed by atoms with Gasteiger partial charge in [-0.2, -0.15) is 4.39 Å². The lowest BCUT2D eigenvalue weighted by atomic mass is 10.1. The molecule has 1 aliphatic heterocycles. The highest BCUT2D eigenvalue weighted by Crippen LogP contribution is 2.16. The standard InChI is InChI=1S/C14H15FN4O/c1-9-17-12-4-6-19(8-11(12)14(20)18-9)7-10-3-2-5-16-13(10)15/h2-3,5H,4,6-8H2,1H3,(H,17,18,20). The second kappa shape index (κ2) is 5.13. The van der Waals surface area contributed by atoms with Crippen LogP contribution in [0.15, 0.2) is 23.1 Å². The van der Waals surface area contributed by atoms with Crippen molar-refractivity contribution < 1.29 is 4.39 Å². The average Bonchev–Trinajstić information content (AvgIpc) is 2.42. The minimum absolute atomic E-state index is 0.0936. The molecule has 104 valence electrons. The van der Waals surface area contributed by atoms with E-state index in [0.717, 1.165) is 12.2 Å². The first kappa shape index (κ1) is 12.9. The van der Waals surface area contributed by atoms with Gasteiger partial charge >= 0.3 is 0 Å². The molecule has 2 aromatic heterocycles. The normalized spacial score (nSPS) is 15.1. The Balaban J connectivity index is 1.83. The molecule has 6 heteroatoms. The van der Waals surface area contributed by atoms with Gasteiger partial charge in [-0.05, 0) is 13.0 Å². The molecule has 0 atom stereocenters. The summed E-state index contributed by atoms with van der Waals surface area (Å²) < 4.78 is 13.6. The molecule has 0 saturated carbocycles. The molecule has 3 heterocycles. The van der Waals surface area contributed by atoms with Gasteiger partial charge in [0.15, 0.2) is 0 Å². The predicted octanol–water partition coefficient (Wildman–Crippen LogP) is 1.17. The minimum Gasteiger partial charge on any atom is -0.310 e. The van der Waals surface area contributed by atoms with E-state index in [1.165, 1.54) is 6.20 Å². The van der Waals surface area contributed by atoms with Crippen molar-refractivity contribution in [3.8, 4) is 0 Å². The number of nitrogens with one attached hydrogen (secondary N) is 1. The fourth-order valence-corrected chi connectivity index (χ4v) is 2.52. The summed E-state index contributed by atoms with van der Waals surface area (Å²) in [7, 11) is 0. The van der Waals surface area contributed by atoms with Crippen LogP contribution >= 0.6 is 0 Å². The smallest absolute Gasteiger partial charge is 0.255 e. The molecular weight excluding hydrogens is 259 g/mol. The lowest BCUT2D eigenvalue weighted by Gasteiger charge is -2.27. The Morgan fingerprint density at radius 2 is 2.35 bits per heavy atom. The SMILES string of the molecule is Cc1nc2c(c(=O)[nH]1)CN(Cc1cccnc1F)CC2. The summed E-state index contributed by atoms with van der Waals surface area (Å²) in [4.78, 5) is 24.7. The first-order chi connectivity index (χ1) is 9.63. The van der Waals surface area contributed by atoms with E-state index >= 15 is 0 Å². The van der Waals surface area contributed by atoms with Crippen LogP contribution in [-0.4, -0.2) is 26.4 Å². The predicted molar refractivity (Wildman–Crippen MR) is 71.6 cm³/mol. The molecule has 0 aliphatic carbocycles. The second-order valence-electron chi connectivity index (χ2n) is 4.99. The van der Waals surface area contributed by atoms with Crippen LogP contribution in [0.2, 0.25) is 0 Å². The van der Waals surface area contributed by atoms with Gasteiger partial charge in [0.1, 0.15) is 5.82 Å². The van der Waals surface area contributed by atoms with Crippen molar-refractivity contribution in [1.82, 2.24) is 19.9 Å². The molecule has 0 unspecified atom stereocenters. The van der Waals surface area contributed by atoms with E-state index in [1.807, 2.05) is 4.90 Å². The van der Waals surface area contributed by atoms with Crippen molar-refractivity contribution in [3.05, 3.63) is 57.3 Å². The van der Waals surface area contributed by atoms with Gasteiger partial charge in [0.2, 0.25) is 5.95 Å². The van der Waals surface area contributed by atoms with Gasteiger partial charge in [0, 0.05) is 37.8 Å². The molecule has 0 spiro atoms. The van der Waals surface area contributed by atoms with E-state index in [9.17, 15) is 9.18 Å². The number of fused-ring (bicyclic) bond motifs is 1. The van der Waals surface area contributed by atoms with Crippen molar-refractivity contribution in [3.63, 3.8) is 0 Å². The van der Waals surface area contributed by atoms with E-state index in [4.69, 9.17) is 0 Å². The quantitative estimate of drug-likeness (QED) is 0.835. The summed E-state index contributed by atoms with van der Waals surface area (Å²) in [6, 6.07) is 3.43. The third-order valence-electron chi connectivity index (χ3n) is 3.50. The zero-order chi connectivity index (χ0) is 14.1. The molecule has 0 fully saturated rings. The summed E-state index contributed by atoms with van der Waals surface area (Å²) in [5.41, 5.74) is 2.00. The Labute approximate surface area is 115 Å². The van der Waals surface area contributed by atoms with E-state index in [-0.39, 0.29) is 5.56 Å². The van der Waals surface area contributed by atoms with Crippen molar-refractivity contribution in [2.45, 2.75) is 26.4 Å². The van der Waals surface area contributed by atoms with Crippen molar-refractivity contribution in [2.24, 2.45) is 0 Å². The van der Waals surface area contributed by atoms with Gasteiger partial charge in [-0.3, -0.25) is 9.69 Å². The molecule has 0 radical (unpaired) electrons. The number of rotatable bonds is 2. The number of hydrogen-bond acceptors (Lipinski definition) is 4. The van der Waals surface area contributed by atoms with Crippen molar-refractivity contribution in [2.75, 3.05) is 6.54 Å². The largest absolute Gasteiger partial charge is 0.310 e. The summed E-state index contributed by atoms with van der Waals surface area (Å²) in [6.45, 7) is 3.48. The minimum atomic E-state index is -0.450. The Hall–Kier alpha value is -2.08. The van der Waals surface area contributed by atoms with Gasteiger partial charge in [-0.15, -0.1) is 0 Å². The highest BCUT2D eigenvalue weighted by atomic mass is 19.1. The molecule has 5 nitrogen and oxygen atoms in total. The van der Waals surface area contributed by atoms with Crippen molar-refractivity contribution >= 4 is 0 Å². The topological polar surface area (TPSA) is 61.9 Å². The average molecular weight is 274 g/mol. The molecule has 2 aromatic rings. The number of H-pyrrole nitrogens is 1. The number of halogens is 1. The highest BCUT2D eigenvalue weighted by Gasteiger charge is 2.21. The maximum Gasteiger partial charge on any atom is 0.255 e. The fourth-order valence-electron chi connectivity index (χ4n) is 2.52. The molecular formula is C14H15FN4O. The Kier molecular flexibility index (Phi) is 3.31. The number of nitrogens with zero attached hydrogens (tertiary/aromatic N) is 3. The summed E-state index contributed by atoms with van der Waals surface area (Å²) >= 11 is 0. The summed E-state index contributed by atoms with van der Waals surface area (Å²) in [5.74, 6) is 0.190. The molecule has 20 heavy (non-hydrogen) atoms. The van der Waals surface area contributed by atoms with Gasteiger partial charge in [-0.25, -0.2) is 9.97 Å². The Morgan fingerprint density at radius 1 is 1.50 bits per heavy atom. The Morgan fingerprint density at radius 3 is 3.15 bits per heavy atom. The lowest BCUT2D eigenvalue weighted by molar-refractivity contribution is 0.237. The van der Waals surface area contributed by atoms with Crippen LogP contribution in [0.3, 0.4) is 0 Å². The van der Waals surface area contributed by atoms with E-state index in [2.05, 4.69) is 15.0 Å². The van der Waals surface area contributed by atoms with Gasteiger partial charge in [-0.1, -0.05) is 6.07 Å². The molecule has 1 N–H and O–H groups in total. The number of aryl methyl sites for hydroxylation is 1. The van der Waals surface area contributed by atoms with Crippen LogP contribution < -0.4 is 5.56 Å². The van der Waals surface area contributed by atoms with Crippen molar-refractivity contribution in [1.29, 1.82) is 0 Å². The molecule has 0 saturated heterocycles. The maximum absolute atomic E-state index is 13.6. The first-order valence-corrected chi connectivity index (χ1v) is 6.54. The zero-order valence-corrected chi connectivity index (χ0v) is 11.2. The fraction of sp³-hybridized carbons (Fsp3) is 0.357. The van der Waals surface area contributed by atoms with Crippen LogP contribution in [0, 0.1) is 12.9 Å². The van der Waals surface area contributed by atoms with E-state index < -0.39 is 5.95 Å². The van der Waals surface area contributed by atoms with Crippen LogP contribution in [0.1, 0.15) is 22.6 Å². The molecule has 0 amide bonds. The number of aromatic amines is 1. The van der Waals surface area contributed by atoms with Crippen LogP contribution in [0.25, 0.3) is 0 Å². The van der Waals surface area contributed by atoms with Crippen LogP contribution in [-0.2, 0) is 19.5 Å². The Bertz CT molecular complexity index is 698.